The van der Waals surface area contributed by atoms with Crippen molar-refractivity contribution in [1.29, 1.82) is 0 Å². The standard InChI is InChI=1S/C17H24N4O/c1-14-10-15(5-6-17(14)21-13-18-12-19-21)11-20-8-3-2-4-16(20)7-9-22/h5-6,10,12-13,16,22H,2-4,7-9,11H2,1H3. The van der Waals surface area contributed by atoms with Gasteiger partial charge in [0.25, 0.3) is 0 Å². The topological polar surface area (TPSA) is 54.2 Å². The first-order valence-corrected chi connectivity index (χ1v) is 8.07. The number of benzene rings is 1. The van der Waals surface area contributed by atoms with E-state index in [9.17, 15) is 5.11 Å². The molecule has 1 fully saturated rings. The van der Waals surface area contributed by atoms with E-state index >= 15 is 0 Å². The summed E-state index contributed by atoms with van der Waals surface area (Å²) in [6.45, 7) is 4.49. The summed E-state index contributed by atoms with van der Waals surface area (Å²) >= 11 is 0. The second kappa shape index (κ2) is 7.03. The van der Waals surface area contributed by atoms with E-state index in [1.54, 1.807) is 17.3 Å². The van der Waals surface area contributed by atoms with Gasteiger partial charge in [0.1, 0.15) is 12.7 Å². The molecule has 22 heavy (non-hydrogen) atoms. The molecule has 1 saturated heterocycles. The van der Waals surface area contributed by atoms with Crippen molar-refractivity contribution in [2.24, 2.45) is 0 Å². The number of piperidine rings is 1. The number of likely N-dealkylation sites (tertiary alicyclic amines) is 1. The molecule has 5 nitrogen and oxygen atoms in total. The van der Waals surface area contributed by atoms with Crippen LogP contribution in [0, 0.1) is 6.92 Å². The molecule has 0 amide bonds. The monoisotopic (exact) mass is 300 g/mol. The molecular formula is C17H24N4O. The van der Waals surface area contributed by atoms with Crippen molar-refractivity contribution in [3.8, 4) is 5.69 Å². The second-order valence-electron chi connectivity index (χ2n) is 6.09. The van der Waals surface area contributed by atoms with Crippen molar-refractivity contribution >= 4 is 0 Å². The third kappa shape index (κ3) is 3.36. The highest BCUT2D eigenvalue weighted by atomic mass is 16.3. The number of aromatic nitrogens is 3. The Morgan fingerprint density at radius 3 is 2.95 bits per heavy atom. The van der Waals surface area contributed by atoms with E-state index in [0.29, 0.717) is 6.04 Å². The number of hydrogen-bond donors (Lipinski definition) is 1. The Morgan fingerprint density at radius 2 is 2.23 bits per heavy atom. The highest BCUT2D eigenvalue weighted by molar-refractivity contribution is 5.41. The lowest BCUT2D eigenvalue weighted by Gasteiger charge is -2.35. The maximum Gasteiger partial charge on any atom is 0.138 e. The predicted molar refractivity (Wildman–Crippen MR) is 85.8 cm³/mol. The average Bonchev–Trinajstić information content (AvgIpc) is 3.04. The molecule has 0 radical (unpaired) electrons. The predicted octanol–water partition coefficient (Wildman–Crippen LogP) is 2.31. The van der Waals surface area contributed by atoms with Crippen LogP contribution >= 0.6 is 0 Å². The fourth-order valence-electron chi connectivity index (χ4n) is 3.38. The van der Waals surface area contributed by atoms with Crippen LogP contribution < -0.4 is 0 Å². The third-order valence-corrected chi connectivity index (χ3v) is 4.52. The normalized spacial score (nSPS) is 19.5. The molecule has 0 spiro atoms. The van der Waals surface area contributed by atoms with Crippen molar-refractivity contribution in [3.05, 3.63) is 42.0 Å². The molecular weight excluding hydrogens is 276 g/mol. The summed E-state index contributed by atoms with van der Waals surface area (Å²) < 4.78 is 1.80. The van der Waals surface area contributed by atoms with Gasteiger partial charge in [0.2, 0.25) is 0 Å². The molecule has 1 aromatic heterocycles. The molecule has 1 aliphatic rings. The Bertz CT molecular complexity index is 595. The molecule has 1 unspecified atom stereocenters. The molecule has 1 atom stereocenters. The summed E-state index contributed by atoms with van der Waals surface area (Å²) in [5, 5.41) is 13.4. The summed E-state index contributed by atoms with van der Waals surface area (Å²) in [6, 6.07) is 7.05. The Labute approximate surface area is 131 Å². The first-order chi connectivity index (χ1) is 10.8. The molecule has 1 N–H and O–H groups in total. The van der Waals surface area contributed by atoms with Crippen LogP contribution in [-0.4, -0.2) is 44.0 Å². The zero-order valence-corrected chi connectivity index (χ0v) is 13.1. The minimum absolute atomic E-state index is 0.283. The van der Waals surface area contributed by atoms with E-state index in [2.05, 4.69) is 40.1 Å². The zero-order valence-electron chi connectivity index (χ0n) is 13.1. The first kappa shape index (κ1) is 15.2. The lowest BCUT2D eigenvalue weighted by atomic mass is 9.98. The van der Waals surface area contributed by atoms with Crippen LogP contribution in [0.4, 0.5) is 0 Å². The SMILES string of the molecule is Cc1cc(CN2CCCCC2CCO)ccc1-n1cncn1. The molecule has 2 aromatic rings. The maximum atomic E-state index is 9.25. The summed E-state index contributed by atoms with van der Waals surface area (Å²) in [7, 11) is 0. The lowest BCUT2D eigenvalue weighted by molar-refractivity contribution is 0.112. The van der Waals surface area contributed by atoms with Gasteiger partial charge >= 0.3 is 0 Å². The van der Waals surface area contributed by atoms with E-state index in [0.717, 1.165) is 25.2 Å². The van der Waals surface area contributed by atoms with Gasteiger partial charge in [-0.1, -0.05) is 18.6 Å². The molecule has 1 aromatic carbocycles. The van der Waals surface area contributed by atoms with Crippen LogP contribution in [0.15, 0.2) is 30.9 Å². The Morgan fingerprint density at radius 1 is 1.32 bits per heavy atom. The highest BCUT2D eigenvalue weighted by Crippen LogP contribution is 2.23. The van der Waals surface area contributed by atoms with Gasteiger partial charge in [-0.15, -0.1) is 0 Å². The number of hydrogen-bond acceptors (Lipinski definition) is 4. The summed E-state index contributed by atoms with van der Waals surface area (Å²) in [5.41, 5.74) is 3.61. The third-order valence-electron chi connectivity index (χ3n) is 4.52. The quantitative estimate of drug-likeness (QED) is 0.920. The molecule has 0 saturated carbocycles. The average molecular weight is 300 g/mol. The van der Waals surface area contributed by atoms with Crippen molar-refractivity contribution in [3.63, 3.8) is 0 Å². The van der Waals surface area contributed by atoms with Gasteiger partial charge in [-0.05, 0) is 49.9 Å². The van der Waals surface area contributed by atoms with Crippen LogP contribution in [0.2, 0.25) is 0 Å². The first-order valence-electron chi connectivity index (χ1n) is 8.07. The number of rotatable bonds is 5. The van der Waals surface area contributed by atoms with Crippen molar-refractivity contribution in [2.45, 2.75) is 45.2 Å². The van der Waals surface area contributed by atoms with Gasteiger partial charge in [-0.2, -0.15) is 5.10 Å². The largest absolute Gasteiger partial charge is 0.396 e. The highest BCUT2D eigenvalue weighted by Gasteiger charge is 2.21. The van der Waals surface area contributed by atoms with Gasteiger partial charge in [-0.25, -0.2) is 9.67 Å². The van der Waals surface area contributed by atoms with E-state index in [1.165, 1.54) is 30.4 Å². The number of aliphatic hydroxyl groups is 1. The van der Waals surface area contributed by atoms with Crippen LogP contribution in [-0.2, 0) is 6.54 Å². The van der Waals surface area contributed by atoms with Gasteiger partial charge in [0.05, 0.1) is 5.69 Å². The van der Waals surface area contributed by atoms with Gasteiger partial charge in [-0.3, -0.25) is 4.90 Å². The number of aliphatic hydroxyl groups excluding tert-OH is 1. The van der Waals surface area contributed by atoms with Gasteiger partial charge < -0.3 is 5.11 Å². The Hall–Kier alpha value is -1.72. The van der Waals surface area contributed by atoms with Crippen LogP contribution in [0.3, 0.4) is 0 Å². The van der Waals surface area contributed by atoms with E-state index < -0.39 is 0 Å². The molecule has 5 heteroatoms. The summed E-state index contributed by atoms with van der Waals surface area (Å²) in [5.74, 6) is 0. The molecule has 2 heterocycles. The van der Waals surface area contributed by atoms with E-state index in [-0.39, 0.29) is 6.61 Å². The van der Waals surface area contributed by atoms with Crippen LogP contribution in [0.1, 0.15) is 36.8 Å². The van der Waals surface area contributed by atoms with Crippen molar-refractivity contribution in [1.82, 2.24) is 19.7 Å². The van der Waals surface area contributed by atoms with Crippen molar-refractivity contribution in [2.75, 3.05) is 13.2 Å². The summed E-state index contributed by atoms with van der Waals surface area (Å²) in [6.07, 6.45) is 7.92. The summed E-state index contributed by atoms with van der Waals surface area (Å²) in [4.78, 5) is 6.52. The van der Waals surface area contributed by atoms with Crippen LogP contribution in [0.5, 0.6) is 0 Å². The minimum Gasteiger partial charge on any atom is -0.396 e. The number of nitrogens with zero attached hydrogens (tertiary/aromatic N) is 4. The minimum atomic E-state index is 0.283. The Kier molecular flexibility index (Phi) is 4.85. The van der Waals surface area contributed by atoms with E-state index in [4.69, 9.17) is 0 Å². The fraction of sp³-hybridized carbons (Fsp3) is 0.529. The fourth-order valence-corrected chi connectivity index (χ4v) is 3.38. The van der Waals surface area contributed by atoms with Gasteiger partial charge in [0.15, 0.2) is 0 Å². The molecule has 3 rings (SSSR count). The van der Waals surface area contributed by atoms with Gasteiger partial charge in [0, 0.05) is 19.2 Å². The molecule has 0 bridgehead atoms. The maximum absolute atomic E-state index is 9.25. The van der Waals surface area contributed by atoms with E-state index in [1.807, 2.05) is 0 Å². The Balaban J connectivity index is 1.73. The molecule has 0 aliphatic carbocycles. The zero-order chi connectivity index (χ0) is 15.4. The second-order valence-corrected chi connectivity index (χ2v) is 6.09. The number of aryl methyl sites for hydroxylation is 1. The smallest absolute Gasteiger partial charge is 0.138 e. The molecule has 118 valence electrons. The lowest BCUT2D eigenvalue weighted by Crippen LogP contribution is -2.39. The van der Waals surface area contributed by atoms with Crippen LogP contribution in [0.25, 0.3) is 5.69 Å². The molecule has 1 aliphatic heterocycles. The van der Waals surface area contributed by atoms with Crippen molar-refractivity contribution < 1.29 is 5.11 Å².